The van der Waals surface area contributed by atoms with Gasteiger partial charge in [0.05, 0.1) is 18.3 Å². The summed E-state index contributed by atoms with van der Waals surface area (Å²) in [6.45, 7) is 15.3. The molecule has 4 N–H and O–H groups in total. The molecule has 10 heteroatoms. The van der Waals surface area contributed by atoms with E-state index in [1.54, 1.807) is 6.07 Å². The van der Waals surface area contributed by atoms with E-state index in [4.69, 9.17) is 9.15 Å². The number of ether oxygens (including phenoxy) is 1. The number of aliphatic imine (C=N–C) groups is 1. The lowest BCUT2D eigenvalue weighted by Crippen LogP contribution is -2.49. The molecule has 0 atom stereocenters. The summed E-state index contributed by atoms with van der Waals surface area (Å²) in [5.74, 6) is 0.774. The van der Waals surface area contributed by atoms with Crippen molar-refractivity contribution >= 4 is 41.9 Å². The summed E-state index contributed by atoms with van der Waals surface area (Å²) in [6.07, 6.45) is 1.75. The Morgan fingerprint density at radius 3 is 2.29 bits per heavy atom. The van der Waals surface area contributed by atoms with E-state index in [9.17, 15) is 9.59 Å². The van der Waals surface area contributed by atoms with E-state index in [1.165, 1.54) is 6.26 Å². The molecule has 1 aromatic heterocycles. The zero-order chi connectivity index (χ0) is 22.8. The van der Waals surface area contributed by atoms with Crippen LogP contribution in [-0.2, 0) is 4.74 Å². The van der Waals surface area contributed by atoms with Gasteiger partial charge in [-0.15, -0.1) is 24.0 Å². The van der Waals surface area contributed by atoms with E-state index in [1.807, 2.05) is 48.5 Å². The minimum Gasteiger partial charge on any atom is -0.459 e. The normalized spacial score (nSPS) is 11.9. The summed E-state index contributed by atoms with van der Waals surface area (Å²) in [6, 6.07) is 1.76. The molecule has 0 aromatic carbocycles. The van der Waals surface area contributed by atoms with Crippen LogP contribution >= 0.6 is 24.0 Å². The van der Waals surface area contributed by atoms with E-state index >= 15 is 0 Å². The molecule has 1 heterocycles. The fraction of sp³-hybridized carbons (Fsp3) is 0.667. The second kappa shape index (κ2) is 13.4. The summed E-state index contributed by atoms with van der Waals surface area (Å²) in [7, 11) is 0. The zero-order valence-electron chi connectivity index (χ0n) is 19.7. The van der Waals surface area contributed by atoms with Gasteiger partial charge in [-0.05, 0) is 61.0 Å². The van der Waals surface area contributed by atoms with E-state index in [2.05, 4.69) is 26.3 Å². The summed E-state index contributed by atoms with van der Waals surface area (Å²) < 4.78 is 10.5. The summed E-state index contributed by atoms with van der Waals surface area (Å²) in [5, 5.41) is 12.1. The van der Waals surface area contributed by atoms with E-state index in [0.29, 0.717) is 37.9 Å². The van der Waals surface area contributed by atoms with Crippen molar-refractivity contribution in [2.24, 2.45) is 4.99 Å². The maximum absolute atomic E-state index is 12.0. The smallest absolute Gasteiger partial charge is 0.408 e. The molecule has 0 saturated heterocycles. The van der Waals surface area contributed by atoms with Gasteiger partial charge in [0, 0.05) is 25.2 Å². The van der Waals surface area contributed by atoms with Gasteiger partial charge in [-0.3, -0.25) is 9.79 Å². The van der Waals surface area contributed by atoms with Crippen molar-refractivity contribution in [2.75, 3.05) is 26.2 Å². The molecule has 9 nitrogen and oxygen atoms in total. The van der Waals surface area contributed by atoms with Gasteiger partial charge in [0.25, 0.3) is 5.91 Å². The average Bonchev–Trinajstić information content (AvgIpc) is 3.03. The standard InChI is InChI=1S/C21H37N5O4.HI/c1-8-22-18(25-14-21(6,7)26-19(28)30-20(3,4)5)24-12-9-11-23-17(27)16-15(2)10-13-29-16;/h10,13H,8-9,11-12,14H2,1-7H3,(H,23,27)(H,26,28)(H2,22,24,25);1H. The van der Waals surface area contributed by atoms with Gasteiger partial charge in [-0.1, -0.05) is 0 Å². The van der Waals surface area contributed by atoms with Crippen molar-refractivity contribution in [1.82, 2.24) is 21.3 Å². The Kier molecular flexibility index (Phi) is 12.6. The number of halogens is 1. The van der Waals surface area contributed by atoms with Gasteiger partial charge in [0.15, 0.2) is 11.7 Å². The van der Waals surface area contributed by atoms with Crippen LogP contribution in [-0.4, -0.2) is 55.3 Å². The summed E-state index contributed by atoms with van der Waals surface area (Å²) >= 11 is 0. The van der Waals surface area contributed by atoms with E-state index in [-0.39, 0.29) is 29.9 Å². The first-order valence-corrected chi connectivity index (χ1v) is 10.3. The SMILES string of the molecule is CCNC(=NCC(C)(C)NC(=O)OC(C)(C)C)NCCCNC(=O)c1occc1C.I. The van der Waals surface area contributed by atoms with Crippen molar-refractivity contribution in [3.05, 3.63) is 23.7 Å². The van der Waals surface area contributed by atoms with Crippen molar-refractivity contribution in [1.29, 1.82) is 0 Å². The van der Waals surface area contributed by atoms with Crippen LogP contribution in [0.2, 0.25) is 0 Å². The van der Waals surface area contributed by atoms with Crippen LogP contribution in [0.3, 0.4) is 0 Å². The number of amides is 2. The molecule has 0 bridgehead atoms. The first-order chi connectivity index (χ1) is 13.9. The molecule has 1 aromatic rings. The molecule has 0 spiro atoms. The van der Waals surface area contributed by atoms with Gasteiger partial charge in [0.2, 0.25) is 0 Å². The summed E-state index contributed by atoms with van der Waals surface area (Å²) in [5.41, 5.74) is -0.306. The Hall–Kier alpha value is -1.98. The number of carbonyl (C=O) groups excluding carboxylic acids is 2. The number of aryl methyl sites for hydroxylation is 1. The molecule has 31 heavy (non-hydrogen) atoms. The number of nitrogens with zero attached hydrogens (tertiary/aromatic N) is 1. The van der Waals surface area contributed by atoms with Crippen molar-refractivity contribution in [3.8, 4) is 0 Å². The number of hydrogen-bond acceptors (Lipinski definition) is 5. The zero-order valence-corrected chi connectivity index (χ0v) is 22.0. The highest BCUT2D eigenvalue weighted by molar-refractivity contribution is 14.0. The Balaban J connectivity index is 0.00000900. The van der Waals surface area contributed by atoms with Crippen LogP contribution in [0.4, 0.5) is 4.79 Å². The Morgan fingerprint density at radius 1 is 1.10 bits per heavy atom. The average molecular weight is 551 g/mol. The second-order valence-electron chi connectivity index (χ2n) is 8.67. The summed E-state index contributed by atoms with van der Waals surface area (Å²) in [4.78, 5) is 28.5. The highest BCUT2D eigenvalue weighted by Crippen LogP contribution is 2.10. The molecule has 178 valence electrons. The monoisotopic (exact) mass is 551 g/mol. The lowest BCUT2D eigenvalue weighted by atomic mass is 10.1. The maximum atomic E-state index is 12.0. The minimum atomic E-state index is -0.570. The lowest BCUT2D eigenvalue weighted by molar-refractivity contribution is 0.0476. The topological polar surface area (TPSA) is 117 Å². The largest absolute Gasteiger partial charge is 0.459 e. The molecule has 1 rings (SSSR count). The third kappa shape index (κ3) is 12.5. The molecular weight excluding hydrogens is 513 g/mol. The van der Waals surface area contributed by atoms with Gasteiger partial charge < -0.3 is 30.4 Å². The number of carbonyl (C=O) groups is 2. The number of guanidine groups is 1. The van der Waals surface area contributed by atoms with Crippen LogP contribution < -0.4 is 21.3 Å². The molecule has 0 radical (unpaired) electrons. The highest BCUT2D eigenvalue weighted by Gasteiger charge is 2.24. The Bertz CT molecular complexity index is 726. The molecule has 0 unspecified atom stereocenters. The maximum Gasteiger partial charge on any atom is 0.408 e. The predicted molar refractivity (Wildman–Crippen MR) is 133 cm³/mol. The molecular formula is C21H38IN5O4. The number of rotatable bonds is 9. The molecule has 0 aliphatic heterocycles. The molecule has 0 fully saturated rings. The second-order valence-corrected chi connectivity index (χ2v) is 8.67. The molecule has 0 saturated carbocycles. The van der Waals surface area contributed by atoms with Crippen LogP contribution in [0, 0.1) is 6.92 Å². The van der Waals surface area contributed by atoms with E-state index in [0.717, 1.165) is 12.0 Å². The predicted octanol–water partition coefficient (Wildman–Crippen LogP) is 3.18. The number of hydrogen-bond donors (Lipinski definition) is 4. The Morgan fingerprint density at radius 2 is 1.74 bits per heavy atom. The fourth-order valence-electron chi connectivity index (χ4n) is 2.42. The van der Waals surface area contributed by atoms with Crippen LogP contribution in [0.25, 0.3) is 0 Å². The number of nitrogens with one attached hydrogen (secondary N) is 4. The first kappa shape index (κ1) is 29.0. The number of furan rings is 1. The van der Waals surface area contributed by atoms with Crippen LogP contribution in [0.5, 0.6) is 0 Å². The first-order valence-electron chi connectivity index (χ1n) is 10.3. The van der Waals surface area contributed by atoms with Crippen molar-refractivity contribution in [3.63, 3.8) is 0 Å². The van der Waals surface area contributed by atoms with E-state index < -0.39 is 17.2 Å². The molecule has 0 aliphatic carbocycles. The van der Waals surface area contributed by atoms with Crippen molar-refractivity contribution in [2.45, 2.75) is 66.0 Å². The lowest BCUT2D eigenvalue weighted by Gasteiger charge is -2.27. The third-order valence-electron chi connectivity index (χ3n) is 3.82. The van der Waals surface area contributed by atoms with Crippen LogP contribution in [0.1, 0.15) is 64.1 Å². The quantitative estimate of drug-likeness (QED) is 0.162. The Labute approximate surface area is 202 Å². The fourth-order valence-corrected chi connectivity index (χ4v) is 2.42. The van der Waals surface area contributed by atoms with Gasteiger partial charge in [-0.25, -0.2) is 4.79 Å². The van der Waals surface area contributed by atoms with Crippen LogP contribution in [0.15, 0.2) is 21.7 Å². The minimum absolute atomic E-state index is 0. The van der Waals surface area contributed by atoms with Gasteiger partial charge >= 0.3 is 6.09 Å². The number of alkyl carbamates (subject to hydrolysis) is 1. The van der Waals surface area contributed by atoms with Gasteiger partial charge in [0.1, 0.15) is 5.60 Å². The highest BCUT2D eigenvalue weighted by atomic mass is 127. The third-order valence-corrected chi connectivity index (χ3v) is 3.82. The van der Waals surface area contributed by atoms with Gasteiger partial charge in [-0.2, -0.15) is 0 Å². The van der Waals surface area contributed by atoms with Crippen molar-refractivity contribution < 1.29 is 18.7 Å². The molecule has 2 amide bonds. The molecule has 0 aliphatic rings.